The number of nitrogens with zero attached hydrogens (tertiary/aromatic N) is 3. The molecule has 0 aliphatic heterocycles. The van der Waals surface area contributed by atoms with Crippen molar-refractivity contribution in [3.63, 3.8) is 0 Å². The summed E-state index contributed by atoms with van der Waals surface area (Å²) in [7, 11) is 0. The molecule has 37 heavy (non-hydrogen) atoms. The van der Waals surface area contributed by atoms with Gasteiger partial charge in [0, 0.05) is 51.1 Å². The zero-order valence-corrected chi connectivity index (χ0v) is 22.1. The molecule has 2 atom stereocenters. The number of ether oxygens (including phenoxy) is 2. The minimum atomic E-state index is -1.13. The number of carbonyl (C=O) groups is 4. The van der Waals surface area contributed by atoms with E-state index in [4.69, 9.17) is 20.7 Å². The molecule has 0 saturated heterocycles. The van der Waals surface area contributed by atoms with Crippen molar-refractivity contribution in [2.24, 2.45) is 16.8 Å². The Morgan fingerprint density at radius 2 is 1.59 bits per heavy atom. The minimum Gasteiger partial charge on any atom is -0.379 e. The third kappa shape index (κ3) is 19.8. The molecule has 15 heteroatoms. The summed E-state index contributed by atoms with van der Waals surface area (Å²) in [5, 5.41) is 16.9. The molecule has 15 nitrogen and oxygen atoms in total. The molecule has 0 spiro atoms. The van der Waals surface area contributed by atoms with Crippen LogP contribution in [0.4, 0.5) is 0 Å². The van der Waals surface area contributed by atoms with Crippen LogP contribution >= 0.6 is 0 Å². The summed E-state index contributed by atoms with van der Waals surface area (Å²) in [5.74, 6) is -1.80. The lowest BCUT2D eigenvalue weighted by molar-refractivity contribution is -0.133. The first-order valence-corrected chi connectivity index (χ1v) is 12.4. The van der Waals surface area contributed by atoms with Gasteiger partial charge < -0.3 is 41.8 Å². The van der Waals surface area contributed by atoms with Gasteiger partial charge in [0.15, 0.2) is 0 Å². The number of hydrogen-bond donors (Lipinski definition) is 6. The fraction of sp³-hybridized carbons (Fsp3) is 0.818. The van der Waals surface area contributed by atoms with E-state index in [9.17, 15) is 19.2 Å². The van der Waals surface area contributed by atoms with Crippen LogP contribution in [0, 0.1) is 5.92 Å². The Kier molecular flexibility index (Phi) is 20.5. The molecule has 0 rings (SSSR count). The van der Waals surface area contributed by atoms with Crippen LogP contribution in [-0.4, -0.2) is 101 Å². The maximum absolute atomic E-state index is 12.9. The number of hydrogen-bond acceptors (Lipinski definition) is 9. The second kappa shape index (κ2) is 22.2. The maximum atomic E-state index is 12.9. The topological polar surface area (TPSA) is 222 Å². The van der Waals surface area contributed by atoms with Gasteiger partial charge in [0.25, 0.3) is 0 Å². The van der Waals surface area contributed by atoms with Gasteiger partial charge in [-0.1, -0.05) is 19.0 Å². The third-order valence-corrected chi connectivity index (χ3v) is 4.69. The summed E-state index contributed by atoms with van der Waals surface area (Å²) < 4.78 is 10.6. The lowest BCUT2D eigenvalue weighted by atomic mass is 10.0. The Hall–Kier alpha value is -2.97. The fourth-order valence-electron chi connectivity index (χ4n) is 3.05. The summed E-state index contributed by atoms with van der Waals surface area (Å²) in [4.78, 5) is 52.1. The highest BCUT2D eigenvalue weighted by Crippen LogP contribution is 2.06. The van der Waals surface area contributed by atoms with Crippen molar-refractivity contribution in [2.45, 2.75) is 45.7 Å². The fourth-order valence-corrected chi connectivity index (χ4v) is 3.05. The molecule has 4 amide bonds. The van der Waals surface area contributed by atoms with E-state index in [2.05, 4.69) is 36.6 Å². The van der Waals surface area contributed by atoms with Gasteiger partial charge in [-0.05, 0) is 17.9 Å². The van der Waals surface area contributed by atoms with Gasteiger partial charge in [-0.15, -0.1) is 0 Å². The van der Waals surface area contributed by atoms with E-state index in [1.165, 1.54) is 6.92 Å². The van der Waals surface area contributed by atoms with Crippen LogP contribution < -0.4 is 32.3 Å². The normalized spacial score (nSPS) is 12.2. The average Bonchev–Trinajstić information content (AvgIpc) is 2.83. The summed E-state index contributed by atoms with van der Waals surface area (Å²) in [6.07, 6.45) is 0.0976. The van der Waals surface area contributed by atoms with Gasteiger partial charge in [0.1, 0.15) is 12.1 Å². The van der Waals surface area contributed by atoms with Crippen molar-refractivity contribution < 1.29 is 28.7 Å². The zero-order chi connectivity index (χ0) is 27.9. The largest absolute Gasteiger partial charge is 0.379 e. The molecule has 0 aromatic heterocycles. The summed E-state index contributed by atoms with van der Waals surface area (Å²) in [6.45, 7) is 8.66. The van der Waals surface area contributed by atoms with E-state index in [1.807, 2.05) is 13.8 Å². The summed E-state index contributed by atoms with van der Waals surface area (Å²) >= 11 is 0. The molecule has 0 fully saturated rings. The minimum absolute atomic E-state index is 0.0957. The predicted octanol–water partition coefficient (Wildman–Crippen LogP) is -1.46. The van der Waals surface area contributed by atoms with Crippen molar-refractivity contribution in [2.75, 3.05) is 65.7 Å². The Bertz CT molecular complexity index is 731. The zero-order valence-electron chi connectivity index (χ0n) is 22.1. The van der Waals surface area contributed by atoms with Crippen LogP contribution in [-0.2, 0) is 28.7 Å². The molecule has 0 aromatic carbocycles. The summed E-state index contributed by atoms with van der Waals surface area (Å²) in [6, 6.07) is -1.98. The van der Waals surface area contributed by atoms with Crippen molar-refractivity contribution >= 4 is 23.6 Å². The van der Waals surface area contributed by atoms with Gasteiger partial charge in [-0.3, -0.25) is 19.2 Å². The molecule has 0 radical (unpaired) electrons. The number of carbonyl (C=O) groups excluding carboxylic acids is 4. The number of amides is 4. The van der Waals surface area contributed by atoms with E-state index in [1.54, 1.807) is 0 Å². The van der Waals surface area contributed by atoms with E-state index >= 15 is 0 Å². The molecular formula is C22H43N9O6. The quantitative estimate of drug-likeness (QED) is 0.0419. The highest BCUT2D eigenvalue weighted by Gasteiger charge is 2.28. The molecule has 0 heterocycles. The van der Waals surface area contributed by atoms with Crippen molar-refractivity contribution in [1.29, 1.82) is 0 Å². The highest BCUT2D eigenvalue weighted by atomic mass is 16.5. The second-order valence-corrected chi connectivity index (χ2v) is 8.51. The van der Waals surface area contributed by atoms with Gasteiger partial charge in [0.05, 0.1) is 32.8 Å². The SMILES string of the molecule is CC(=O)N[C@@H](CC(=O)NCCNCCN)C(=O)N[C@H](CC(C)C)C(=O)NCCOCCOCCN=[N+]=[N-]. The van der Waals surface area contributed by atoms with Crippen LogP contribution in [0.3, 0.4) is 0 Å². The van der Waals surface area contributed by atoms with Gasteiger partial charge in [-0.2, -0.15) is 0 Å². The van der Waals surface area contributed by atoms with Crippen LogP contribution in [0.5, 0.6) is 0 Å². The Morgan fingerprint density at radius 1 is 0.892 bits per heavy atom. The summed E-state index contributed by atoms with van der Waals surface area (Å²) in [5.41, 5.74) is 13.6. The van der Waals surface area contributed by atoms with Gasteiger partial charge in [0.2, 0.25) is 23.6 Å². The van der Waals surface area contributed by atoms with E-state index < -0.39 is 35.7 Å². The molecule has 0 saturated carbocycles. The van der Waals surface area contributed by atoms with Gasteiger partial charge >= 0.3 is 0 Å². The monoisotopic (exact) mass is 529 g/mol. The van der Waals surface area contributed by atoms with Crippen LogP contribution in [0.1, 0.15) is 33.6 Å². The van der Waals surface area contributed by atoms with Gasteiger partial charge in [-0.25, -0.2) is 0 Å². The van der Waals surface area contributed by atoms with Crippen LogP contribution in [0.25, 0.3) is 10.4 Å². The Balaban J connectivity index is 4.68. The average molecular weight is 530 g/mol. The lowest BCUT2D eigenvalue weighted by Gasteiger charge is -2.24. The number of rotatable bonds is 22. The van der Waals surface area contributed by atoms with E-state index in [0.29, 0.717) is 52.4 Å². The van der Waals surface area contributed by atoms with Crippen molar-refractivity contribution in [3.05, 3.63) is 10.4 Å². The first-order valence-electron chi connectivity index (χ1n) is 12.4. The van der Waals surface area contributed by atoms with E-state index in [0.717, 1.165) is 0 Å². The molecule has 0 aromatic rings. The van der Waals surface area contributed by atoms with Crippen molar-refractivity contribution in [3.8, 4) is 0 Å². The molecular weight excluding hydrogens is 486 g/mol. The third-order valence-electron chi connectivity index (χ3n) is 4.69. The predicted molar refractivity (Wildman–Crippen MR) is 137 cm³/mol. The first kappa shape index (κ1) is 34.0. The Labute approximate surface area is 217 Å². The molecule has 7 N–H and O–H groups in total. The van der Waals surface area contributed by atoms with Crippen LogP contribution in [0.15, 0.2) is 5.11 Å². The smallest absolute Gasteiger partial charge is 0.243 e. The Morgan fingerprint density at radius 3 is 2.22 bits per heavy atom. The molecule has 0 unspecified atom stereocenters. The second-order valence-electron chi connectivity index (χ2n) is 8.51. The standard InChI is InChI=1S/C22H43N9O6/c1-16(2)14-18(21(34)27-8-10-36-12-13-37-11-9-28-31-24)30-22(35)19(29-17(3)32)15-20(33)26-7-6-25-5-4-23/h16,18-19,25H,4-15,23H2,1-3H3,(H,26,33)(H,27,34)(H,29,32)(H,30,35)/t18-,19+/m1/s1. The first-order chi connectivity index (χ1) is 17.7. The van der Waals surface area contributed by atoms with Crippen LogP contribution in [0.2, 0.25) is 0 Å². The maximum Gasteiger partial charge on any atom is 0.243 e. The number of nitrogens with one attached hydrogen (secondary N) is 5. The van der Waals surface area contributed by atoms with E-state index in [-0.39, 0.29) is 32.0 Å². The highest BCUT2D eigenvalue weighted by molar-refractivity contribution is 5.94. The lowest BCUT2D eigenvalue weighted by Crippen LogP contribution is -2.55. The number of nitrogens with two attached hydrogens (primary N) is 1. The molecule has 0 aliphatic carbocycles. The molecule has 212 valence electrons. The molecule has 0 bridgehead atoms. The molecule has 0 aliphatic rings. The number of azide groups is 1. The van der Waals surface area contributed by atoms with Crippen molar-refractivity contribution in [1.82, 2.24) is 26.6 Å².